The average Bonchev–Trinajstić information content (AvgIpc) is 3.10. The third-order valence-corrected chi connectivity index (χ3v) is 8.74. The van der Waals surface area contributed by atoms with E-state index in [0.717, 1.165) is 22.6 Å². The van der Waals surface area contributed by atoms with E-state index in [1.165, 1.54) is 14.9 Å². The fraction of sp³-hybridized carbons (Fsp3) is 0.364. The van der Waals surface area contributed by atoms with Gasteiger partial charge in [0.05, 0.1) is 22.2 Å². The standard InChI is InChI=1S/C22H25N3O5S2/c1-24-19-8-7-18(13-20(19)31-22(24)27)32(28,29)25-11-9-16(10-12-25)21(26)23-14-15-3-5-17(30-2)6-4-15/h3-8,13,16H,9-12,14H2,1-2H3,(H,23,26). The molecule has 0 atom stereocenters. The maximum Gasteiger partial charge on any atom is 0.307 e. The number of benzene rings is 2. The molecule has 1 aliphatic rings. The normalized spacial score (nSPS) is 15.7. The van der Waals surface area contributed by atoms with Gasteiger partial charge in [0.1, 0.15) is 5.75 Å². The van der Waals surface area contributed by atoms with Crippen molar-refractivity contribution in [3.8, 4) is 5.75 Å². The number of sulfonamides is 1. The Morgan fingerprint density at radius 1 is 1.16 bits per heavy atom. The van der Waals surface area contributed by atoms with Crippen LogP contribution < -0.4 is 14.9 Å². The summed E-state index contributed by atoms with van der Waals surface area (Å²) in [5.74, 6) is 0.476. The van der Waals surface area contributed by atoms with E-state index < -0.39 is 10.0 Å². The van der Waals surface area contributed by atoms with Crippen molar-refractivity contribution in [3.63, 3.8) is 0 Å². The number of carbonyl (C=O) groups excluding carboxylic acids is 1. The Morgan fingerprint density at radius 3 is 2.50 bits per heavy atom. The van der Waals surface area contributed by atoms with Crippen molar-refractivity contribution in [2.75, 3.05) is 20.2 Å². The van der Waals surface area contributed by atoms with E-state index in [2.05, 4.69) is 5.32 Å². The SMILES string of the molecule is COc1ccc(CNC(=O)C2CCN(S(=O)(=O)c3ccc4c(c3)sc(=O)n4C)CC2)cc1. The number of rotatable bonds is 6. The van der Waals surface area contributed by atoms with Crippen LogP contribution in [0.5, 0.6) is 5.75 Å². The smallest absolute Gasteiger partial charge is 0.307 e. The predicted octanol–water partition coefficient (Wildman–Crippen LogP) is 2.33. The quantitative estimate of drug-likeness (QED) is 0.590. The molecule has 3 aromatic rings. The minimum Gasteiger partial charge on any atom is -0.497 e. The van der Waals surface area contributed by atoms with Crippen molar-refractivity contribution >= 4 is 37.5 Å². The summed E-state index contributed by atoms with van der Waals surface area (Å²) in [6, 6.07) is 12.2. The van der Waals surface area contributed by atoms with Crippen LogP contribution in [0.3, 0.4) is 0 Å². The highest BCUT2D eigenvalue weighted by atomic mass is 32.2. The largest absolute Gasteiger partial charge is 0.497 e. The second-order valence-corrected chi connectivity index (χ2v) is 10.7. The van der Waals surface area contributed by atoms with Crippen molar-refractivity contribution in [2.24, 2.45) is 13.0 Å². The highest BCUT2D eigenvalue weighted by Gasteiger charge is 2.32. The third kappa shape index (κ3) is 4.43. The monoisotopic (exact) mass is 475 g/mol. The number of thiazole rings is 1. The molecular formula is C22H25N3O5S2. The minimum absolute atomic E-state index is 0.0617. The van der Waals surface area contributed by atoms with Crippen LogP contribution in [0.4, 0.5) is 0 Å². The number of ether oxygens (including phenoxy) is 1. The molecule has 0 radical (unpaired) electrons. The number of aromatic nitrogens is 1. The van der Waals surface area contributed by atoms with Gasteiger partial charge < -0.3 is 14.6 Å². The molecule has 1 fully saturated rings. The molecule has 1 aromatic heterocycles. The lowest BCUT2D eigenvalue weighted by atomic mass is 9.97. The van der Waals surface area contributed by atoms with Crippen LogP contribution in [0.25, 0.3) is 10.2 Å². The van der Waals surface area contributed by atoms with Gasteiger partial charge >= 0.3 is 4.87 Å². The molecule has 1 amide bonds. The fourth-order valence-corrected chi connectivity index (χ4v) is 6.35. The molecule has 2 heterocycles. The molecule has 32 heavy (non-hydrogen) atoms. The first-order chi connectivity index (χ1) is 15.3. The van der Waals surface area contributed by atoms with Gasteiger partial charge in [-0.2, -0.15) is 4.31 Å². The van der Waals surface area contributed by atoms with E-state index in [0.29, 0.717) is 29.6 Å². The van der Waals surface area contributed by atoms with Crippen LogP contribution in [0, 0.1) is 5.92 Å². The average molecular weight is 476 g/mol. The number of carbonyl (C=O) groups is 1. The second kappa shape index (κ2) is 9.05. The lowest BCUT2D eigenvalue weighted by Crippen LogP contribution is -2.42. The molecule has 1 N–H and O–H groups in total. The summed E-state index contributed by atoms with van der Waals surface area (Å²) < 4.78 is 34.9. The lowest BCUT2D eigenvalue weighted by molar-refractivity contribution is -0.126. The number of methoxy groups -OCH3 is 1. The molecule has 10 heteroatoms. The molecule has 0 unspecified atom stereocenters. The summed E-state index contributed by atoms with van der Waals surface area (Å²) in [4.78, 5) is 24.5. The van der Waals surface area contributed by atoms with Crippen LogP contribution in [-0.2, 0) is 28.4 Å². The second-order valence-electron chi connectivity index (χ2n) is 7.80. The van der Waals surface area contributed by atoms with Gasteiger partial charge in [0, 0.05) is 32.6 Å². The maximum atomic E-state index is 13.1. The van der Waals surface area contributed by atoms with E-state index in [1.54, 1.807) is 26.3 Å². The number of hydrogen-bond donors (Lipinski definition) is 1. The van der Waals surface area contributed by atoms with Crippen LogP contribution >= 0.6 is 11.3 Å². The van der Waals surface area contributed by atoms with Crippen LogP contribution in [-0.4, -0.2) is 43.4 Å². The van der Waals surface area contributed by atoms with E-state index in [9.17, 15) is 18.0 Å². The zero-order valence-corrected chi connectivity index (χ0v) is 19.5. The number of fused-ring (bicyclic) bond motifs is 1. The Labute approximate surface area is 190 Å². The summed E-state index contributed by atoms with van der Waals surface area (Å²) in [7, 11) is -0.413. The highest BCUT2D eigenvalue weighted by molar-refractivity contribution is 7.89. The summed E-state index contributed by atoms with van der Waals surface area (Å²) in [5, 5.41) is 2.94. The number of nitrogens with one attached hydrogen (secondary N) is 1. The fourth-order valence-electron chi connectivity index (χ4n) is 3.86. The van der Waals surface area contributed by atoms with E-state index in [-0.39, 0.29) is 34.7 Å². The van der Waals surface area contributed by atoms with Crippen LogP contribution in [0.15, 0.2) is 52.2 Å². The van der Waals surface area contributed by atoms with Gasteiger partial charge in [-0.25, -0.2) is 8.42 Å². The molecule has 0 bridgehead atoms. The lowest BCUT2D eigenvalue weighted by Gasteiger charge is -2.30. The zero-order chi connectivity index (χ0) is 22.9. The van der Waals surface area contributed by atoms with Crippen molar-refractivity contribution in [1.29, 1.82) is 0 Å². The Kier molecular flexibility index (Phi) is 6.36. The maximum absolute atomic E-state index is 13.1. The molecule has 0 saturated carbocycles. The molecule has 1 saturated heterocycles. The topological polar surface area (TPSA) is 97.7 Å². The van der Waals surface area contributed by atoms with Gasteiger partial charge in [0.25, 0.3) is 0 Å². The Balaban J connectivity index is 1.36. The number of hydrogen-bond acceptors (Lipinski definition) is 6. The van der Waals surface area contributed by atoms with Gasteiger partial charge in [-0.15, -0.1) is 0 Å². The van der Waals surface area contributed by atoms with E-state index in [4.69, 9.17) is 4.74 Å². The molecule has 8 nitrogen and oxygen atoms in total. The Morgan fingerprint density at radius 2 is 1.84 bits per heavy atom. The van der Waals surface area contributed by atoms with E-state index in [1.807, 2.05) is 24.3 Å². The Bertz CT molecular complexity index is 1290. The Hall–Kier alpha value is -2.69. The highest BCUT2D eigenvalue weighted by Crippen LogP contribution is 2.27. The van der Waals surface area contributed by atoms with Gasteiger partial charge in [0.15, 0.2) is 0 Å². The van der Waals surface area contributed by atoms with Gasteiger partial charge in [0.2, 0.25) is 15.9 Å². The molecular weight excluding hydrogens is 450 g/mol. The van der Waals surface area contributed by atoms with Crippen LogP contribution in [0.1, 0.15) is 18.4 Å². The van der Waals surface area contributed by atoms with Crippen molar-refractivity contribution in [3.05, 3.63) is 57.7 Å². The summed E-state index contributed by atoms with van der Waals surface area (Å²) in [6.45, 7) is 0.985. The molecule has 4 rings (SSSR count). The van der Waals surface area contributed by atoms with Crippen molar-refractivity contribution in [2.45, 2.75) is 24.3 Å². The number of piperidine rings is 1. The van der Waals surface area contributed by atoms with Gasteiger partial charge in [-0.3, -0.25) is 9.59 Å². The first-order valence-corrected chi connectivity index (χ1v) is 12.6. The van der Waals surface area contributed by atoms with Gasteiger partial charge in [-0.05, 0) is 48.7 Å². The summed E-state index contributed by atoms with van der Waals surface area (Å²) in [6.07, 6.45) is 0.934. The zero-order valence-electron chi connectivity index (χ0n) is 17.9. The molecule has 0 spiro atoms. The van der Waals surface area contributed by atoms with Crippen molar-refractivity contribution < 1.29 is 17.9 Å². The number of nitrogens with zero attached hydrogens (tertiary/aromatic N) is 2. The van der Waals surface area contributed by atoms with Crippen molar-refractivity contribution in [1.82, 2.24) is 14.2 Å². The van der Waals surface area contributed by atoms with Gasteiger partial charge in [-0.1, -0.05) is 23.5 Å². The summed E-state index contributed by atoms with van der Waals surface area (Å²) >= 11 is 1.03. The van der Waals surface area contributed by atoms with E-state index >= 15 is 0 Å². The summed E-state index contributed by atoms with van der Waals surface area (Å²) in [5.41, 5.74) is 1.68. The number of amides is 1. The van der Waals surface area contributed by atoms with Crippen LogP contribution in [0.2, 0.25) is 0 Å². The molecule has 1 aliphatic heterocycles. The molecule has 0 aliphatic carbocycles. The third-order valence-electron chi connectivity index (χ3n) is 5.85. The first kappa shape index (κ1) is 22.5. The first-order valence-electron chi connectivity index (χ1n) is 10.3. The molecule has 2 aromatic carbocycles. The molecule has 170 valence electrons. The predicted molar refractivity (Wildman–Crippen MR) is 123 cm³/mol. The minimum atomic E-state index is -3.68. The number of aryl methyl sites for hydroxylation is 1.